The Morgan fingerprint density at radius 1 is 1.50 bits per heavy atom. The van der Waals surface area contributed by atoms with Gasteiger partial charge in [-0.1, -0.05) is 6.42 Å². The summed E-state index contributed by atoms with van der Waals surface area (Å²) in [6.45, 7) is 1.71. The lowest BCUT2D eigenvalue weighted by molar-refractivity contribution is -0.123. The molecule has 1 aliphatic rings. The van der Waals surface area contributed by atoms with Crippen LogP contribution in [0.2, 0.25) is 0 Å². The minimum absolute atomic E-state index is 0.00420. The minimum atomic E-state index is -0.646. The smallest absolute Gasteiger partial charge is 0.287 e. The molecule has 3 N–H and O–H groups in total. The molecule has 1 saturated carbocycles. The fraction of sp³-hybridized carbons (Fsp3) is 0.571. The molecule has 6 heteroatoms. The number of carbonyl (C=O) groups is 2. The summed E-state index contributed by atoms with van der Waals surface area (Å²) in [5.74, 6) is -0.358. The number of aliphatic hydroxyl groups excluding tert-OH is 1. The molecule has 3 unspecified atom stereocenters. The molecule has 110 valence electrons. The number of amides is 2. The highest BCUT2D eigenvalue weighted by molar-refractivity contribution is 5.95. The maximum absolute atomic E-state index is 12.0. The number of rotatable bonds is 5. The Bertz CT molecular complexity index is 458. The molecule has 20 heavy (non-hydrogen) atoms. The van der Waals surface area contributed by atoms with E-state index >= 15 is 0 Å². The summed E-state index contributed by atoms with van der Waals surface area (Å²) in [6.07, 6.45) is 4.21. The standard InChI is InChI=1S/C14H20N2O4/c1-9(15-14(19)12-6-3-7-20-12)13(18)16-11-5-2-4-10(11)8-17/h3,6-7,9-11,17H,2,4-5,8H2,1H3,(H,15,19)(H,16,18). The first-order valence-corrected chi connectivity index (χ1v) is 6.87. The van der Waals surface area contributed by atoms with Crippen molar-refractivity contribution in [1.29, 1.82) is 0 Å². The van der Waals surface area contributed by atoms with Crippen LogP contribution in [0.5, 0.6) is 0 Å². The maximum atomic E-state index is 12.0. The summed E-state index contributed by atoms with van der Waals surface area (Å²) in [4.78, 5) is 23.8. The van der Waals surface area contributed by atoms with Gasteiger partial charge in [0.2, 0.25) is 5.91 Å². The third-order valence-corrected chi connectivity index (χ3v) is 3.71. The first-order chi connectivity index (χ1) is 9.61. The molecule has 1 aromatic rings. The van der Waals surface area contributed by atoms with Gasteiger partial charge in [-0.2, -0.15) is 0 Å². The molecule has 1 aliphatic carbocycles. The van der Waals surface area contributed by atoms with Gasteiger partial charge >= 0.3 is 0 Å². The Hall–Kier alpha value is -1.82. The van der Waals surface area contributed by atoms with Crippen LogP contribution in [0.25, 0.3) is 0 Å². The Kier molecular flexibility index (Phi) is 4.79. The molecule has 0 saturated heterocycles. The maximum Gasteiger partial charge on any atom is 0.287 e. The zero-order valence-corrected chi connectivity index (χ0v) is 11.5. The zero-order chi connectivity index (χ0) is 14.5. The van der Waals surface area contributed by atoms with Crippen molar-refractivity contribution < 1.29 is 19.1 Å². The Balaban J connectivity index is 1.84. The van der Waals surface area contributed by atoms with Crippen LogP contribution in [0.3, 0.4) is 0 Å². The van der Waals surface area contributed by atoms with Gasteiger partial charge < -0.3 is 20.2 Å². The van der Waals surface area contributed by atoms with Gasteiger partial charge in [-0.3, -0.25) is 9.59 Å². The van der Waals surface area contributed by atoms with Gasteiger partial charge in [-0.05, 0) is 31.9 Å². The highest BCUT2D eigenvalue weighted by Crippen LogP contribution is 2.25. The summed E-state index contributed by atoms with van der Waals surface area (Å²) in [7, 11) is 0. The van der Waals surface area contributed by atoms with E-state index in [-0.39, 0.29) is 30.2 Å². The fourth-order valence-corrected chi connectivity index (χ4v) is 2.49. The van der Waals surface area contributed by atoms with Crippen molar-refractivity contribution in [1.82, 2.24) is 10.6 Å². The van der Waals surface area contributed by atoms with Crippen molar-refractivity contribution in [2.45, 2.75) is 38.3 Å². The van der Waals surface area contributed by atoms with E-state index in [1.54, 1.807) is 19.1 Å². The summed E-state index contributed by atoms with van der Waals surface area (Å²) in [6, 6.07) is 2.51. The third kappa shape index (κ3) is 3.39. The molecule has 0 aliphatic heterocycles. The van der Waals surface area contributed by atoms with E-state index in [1.807, 2.05) is 0 Å². The molecule has 1 fully saturated rings. The van der Waals surface area contributed by atoms with E-state index in [4.69, 9.17) is 4.42 Å². The number of nitrogens with one attached hydrogen (secondary N) is 2. The molecule has 0 spiro atoms. The van der Waals surface area contributed by atoms with Gasteiger partial charge in [0.25, 0.3) is 5.91 Å². The van der Waals surface area contributed by atoms with Crippen molar-refractivity contribution in [3.8, 4) is 0 Å². The van der Waals surface area contributed by atoms with Crippen LogP contribution in [0.4, 0.5) is 0 Å². The summed E-state index contributed by atoms with van der Waals surface area (Å²) < 4.78 is 4.97. The van der Waals surface area contributed by atoms with Crippen LogP contribution in [0.1, 0.15) is 36.7 Å². The van der Waals surface area contributed by atoms with Crippen molar-refractivity contribution in [2.75, 3.05) is 6.61 Å². The van der Waals surface area contributed by atoms with Gasteiger partial charge in [0, 0.05) is 18.6 Å². The van der Waals surface area contributed by atoms with Crippen LogP contribution in [0.15, 0.2) is 22.8 Å². The molecule has 3 atom stereocenters. The first kappa shape index (κ1) is 14.6. The minimum Gasteiger partial charge on any atom is -0.459 e. The predicted molar refractivity (Wildman–Crippen MR) is 72.0 cm³/mol. The van der Waals surface area contributed by atoms with Gasteiger partial charge in [0.1, 0.15) is 6.04 Å². The van der Waals surface area contributed by atoms with E-state index in [0.29, 0.717) is 0 Å². The van der Waals surface area contributed by atoms with Crippen LogP contribution in [-0.4, -0.2) is 35.6 Å². The van der Waals surface area contributed by atoms with E-state index in [2.05, 4.69) is 10.6 Å². The van der Waals surface area contributed by atoms with Gasteiger partial charge in [0.05, 0.1) is 6.26 Å². The Labute approximate surface area is 117 Å². The molecule has 1 aromatic heterocycles. The molecule has 0 bridgehead atoms. The highest BCUT2D eigenvalue weighted by Gasteiger charge is 2.29. The second-order valence-corrected chi connectivity index (χ2v) is 5.16. The molecular formula is C14H20N2O4. The predicted octanol–water partition coefficient (Wildman–Crippen LogP) is 0.675. The van der Waals surface area contributed by atoms with Crippen molar-refractivity contribution in [3.05, 3.63) is 24.2 Å². The van der Waals surface area contributed by atoms with Crippen molar-refractivity contribution in [3.63, 3.8) is 0 Å². The van der Waals surface area contributed by atoms with Gasteiger partial charge in [-0.15, -0.1) is 0 Å². The quantitative estimate of drug-likeness (QED) is 0.739. The number of carbonyl (C=O) groups excluding carboxylic acids is 2. The fourth-order valence-electron chi connectivity index (χ4n) is 2.49. The Morgan fingerprint density at radius 3 is 2.95 bits per heavy atom. The number of aliphatic hydroxyl groups is 1. The SMILES string of the molecule is CC(NC(=O)c1ccco1)C(=O)NC1CCCC1CO. The number of hydrogen-bond donors (Lipinski definition) is 3. The first-order valence-electron chi connectivity index (χ1n) is 6.87. The van der Waals surface area contributed by atoms with E-state index < -0.39 is 11.9 Å². The Morgan fingerprint density at radius 2 is 2.30 bits per heavy atom. The lowest BCUT2D eigenvalue weighted by Crippen LogP contribution is -2.49. The molecule has 6 nitrogen and oxygen atoms in total. The van der Waals surface area contributed by atoms with Crippen LogP contribution >= 0.6 is 0 Å². The summed E-state index contributed by atoms with van der Waals surface area (Å²) >= 11 is 0. The monoisotopic (exact) mass is 280 g/mol. The summed E-state index contributed by atoms with van der Waals surface area (Å²) in [5.41, 5.74) is 0. The van der Waals surface area contributed by atoms with E-state index in [0.717, 1.165) is 19.3 Å². The molecule has 2 amide bonds. The molecule has 1 heterocycles. The van der Waals surface area contributed by atoms with Crippen molar-refractivity contribution >= 4 is 11.8 Å². The second kappa shape index (κ2) is 6.56. The molecule has 0 radical (unpaired) electrons. The van der Waals surface area contributed by atoms with Gasteiger partial charge in [0.15, 0.2) is 5.76 Å². The number of hydrogen-bond acceptors (Lipinski definition) is 4. The zero-order valence-electron chi connectivity index (χ0n) is 11.5. The van der Waals surface area contributed by atoms with E-state index in [9.17, 15) is 14.7 Å². The molecule has 0 aromatic carbocycles. The number of furan rings is 1. The average molecular weight is 280 g/mol. The third-order valence-electron chi connectivity index (χ3n) is 3.71. The highest BCUT2D eigenvalue weighted by atomic mass is 16.3. The normalized spacial score (nSPS) is 23.3. The second-order valence-electron chi connectivity index (χ2n) is 5.16. The summed E-state index contributed by atoms with van der Waals surface area (Å²) in [5, 5.41) is 14.7. The molecular weight excluding hydrogens is 260 g/mol. The van der Waals surface area contributed by atoms with Crippen LogP contribution in [0, 0.1) is 5.92 Å². The van der Waals surface area contributed by atoms with Crippen molar-refractivity contribution in [2.24, 2.45) is 5.92 Å². The lowest BCUT2D eigenvalue weighted by Gasteiger charge is -2.21. The van der Waals surface area contributed by atoms with Crippen LogP contribution < -0.4 is 10.6 Å². The topological polar surface area (TPSA) is 91.6 Å². The molecule has 2 rings (SSSR count). The van der Waals surface area contributed by atoms with Gasteiger partial charge in [-0.25, -0.2) is 0 Å². The van der Waals surface area contributed by atoms with Crippen LogP contribution in [-0.2, 0) is 4.79 Å². The average Bonchev–Trinajstić information content (AvgIpc) is 3.09. The van der Waals surface area contributed by atoms with E-state index in [1.165, 1.54) is 6.26 Å². The lowest BCUT2D eigenvalue weighted by atomic mass is 10.0. The largest absolute Gasteiger partial charge is 0.459 e.